The summed E-state index contributed by atoms with van der Waals surface area (Å²) in [6.45, 7) is 7.36. The Morgan fingerprint density at radius 3 is 2.42 bits per heavy atom. The molecule has 0 aliphatic carbocycles. The molecular weight excluding hydrogens is 307 g/mol. The van der Waals surface area contributed by atoms with E-state index in [-0.39, 0.29) is 17.8 Å². The molecule has 2 aliphatic heterocycles. The molecule has 2 aliphatic rings. The lowest BCUT2D eigenvalue weighted by atomic mass is 10.1. The van der Waals surface area contributed by atoms with Gasteiger partial charge >= 0.3 is 0 Å². The Morgan fingerprint density at radius 1 is 1.17 bits per heavy atom. The molecule has 3 rings (SSSR count). The number of carbonyl (C=O) groups is 1. The Morgan fingerprint density at radius 2 is 1.79 bits per heavy atom. The molecular formula is C18H27FN4O. The van der Waals surface area contributed by atoms with Gasteiger partial charge in [-0.3, -0.25) is 9.69 Å². The number of carbonyl (C=O) groups excluding carboxylic acids is 1. The molecule has 2 fully saturated rings. The second-order valence-corrected chi connectivity index (χ2v) is 6.71. The van der Waals surface area contributed by atoms with Gasteiger partial charge in [-0.2, -0.15) is 0 Å². The normalized spacial score (nSPS) is 21.5. The quantitative estimate of drug-likeness (QED) is 0.869. The van der Waals surface area contributed by atoms with Gasteiger partial charge in [0.05, 0.1) is 6.04 Å². The summed E-state index contributed by atoms with van der Waals surface area (Å²) in [4.78, 5) is 16.9. The third-order valence-corrected chi connectivity index (χ3v) is 5.12. The van der Waals surface area contributed by atoms with Gasteiger partial charge in [0.15, 0.2) is 0 Å². The van der Waals surface area contributed by atoms with E-state index in [9.17, 15) is 9.18 Å². The fourth-order valence-corrected chi connectivity index (χ4v) is 3.47. The van der Waals surface area contributed by atoms with E-state index in [2.05, 4.69) is 20.4 Å². The molecule has 0 bridgehead atoms. The predicted molar refractivity (Wildman–Crippen MR) is 93.7 cm³/mol. The molecule has 1 atom stereocenters. The second kappa shape index (κ2) is 7.94. The van der Waals surface area contributed by atoms with Crippen molar-refractivity contribution in [3.8, 4) is 0 Å². The number of piperazine rings is 1. The first-order chi connectivity index (χ1) is 11.6. The van der Waals surface area contributed by atoms with Crippen molar-refractivity contribution >= 4 is 11.6 Å². The monoisotopic (exact) mass is 334 g/mol. The van der Waals surface area contributed by atoms with Crippen molar-refractivity contribution in [1.29, 1.82) is 0 Å². The number of hydrogen-bond donors (Lipinski definition) is 2. The average Bonchev–Trinajstić information content (AvgIpc) is 2.63. The van der Waals surface area contributed by atoms with Gasteiger partial charge in [-0.05, 0) is 57.1 Å². The SMILES string of the molecule is CC(C(=O)NC1CCNCC1)N1CCN(c2ccc(F)cc2)CC1. The molecule has 0 aromatic heterocycles. The van der Waals surface area contributed by atoms with Crippen molar-refractivity contribution in [1.82, 2.24) is 15.5 Å². The van der Waals surface area contributed by atoms with Crippen molar-refractivity contribution in [2.24, 2.45) is 0 Å². The number of benzene rings is 1. The molecule has 6 heteroatoms. The van der Waals surface area contributed by atoms with Crippen molar-refractivity contribution in [3.63, 3.8) is 0 Å². The van der Waals surface area contributed by atoms with Crippen LogP contribution in [0.3, 0.4) is 0 Å². The topological polar surface area (TPSA) is 47.6 Å². The number of anilines is 1. The molecule has 1 unspecified atom stereocenters. The largest absolute Gasteiger partial charge is 0.369 e. The van der Waals surface area contributed by atoms with Gasteiger partial charge in [-0.1, -0.05) is 0 Å². The van der Waals surface area contributed by atoms with Gasteiger partial charge in [0.1, 0.15) is 5.82 Å². The smallest absolute Gasteiger partial charge is 0.237 e. The van der Waals surface area contributed by atoms with Crippen LogP contribution in [-0.2, 0) is 4.79 Å². The first kappa shape index (κ1) is 17.2. The minimum Gasteiger partial charge on any atom is -0.369 e. The Bertz CT molecular complexity index is 536. The highest BCUT2D eigenvalue weighted by atomic mass is 19.1. The van der Waals surface area contributed by atoms with E-state index < -0.39 is 0 Å². The molecule has 24 heavy (non-hydrogen) atoms. The number of nitrogens with zero attached hydrogens (tertiary/aromatic N) is 2. The Hall–Kier alpha value is -1.66. The molecule has 0 radical (unpaired) electrons. The van der Waals surface area contributed by atoms with Crippen LogP contribution in [0.2, 0.25) is 0 Å². The second-order valence-electron chi connectivity index (χ2n) is 6.71. The van der Waals surface area contributed by atoms with Crippen molar-refractivity contribution in [3.05, 3.63) is 30.1 Å². The standard InChI is InChI=1S/C18H27FN4O/c1-14(18(24)21-16-6-8-20-9-7-16)22-10-12-23(13-11-22)17-4-2-15(19)3-5-17/h2-5,14,16,20H,6-13H2,1H3,(H,21,24). The van der Waals surface area contributed by atoms with E-state index in [1.54, 1.807) is 0 Å². The maximum absolute atomic E-state index is 13.0. The van der Waals surface area contributed by atoms with E-state index in [0.717, 1.165) is 57.8 Å². The summed E-state index contributed by atoms with van der Waals surface area (Å²) in [5, 5.41) is 6.50. The van der Waals surface area contributed by atoms with Crippen molar-refractivity contribution in [2.45, 2.75) is 31.8 Å². The van der Waals surface area contributed by atoms with Gasteiger partial charge in [0.2, 0.25) is 5.91 Å². The summed E-state index contributed by atoms with van der Waals surface area (Å²) in [5.74, 6) is -0.0716. The summed E-state index contributed by atoms with van der Waals surface area (Å²) >= 11 is 0. The number of piperidine rings is 1. The summed E-state index contributed by atoms with van der Waals surface area (Å²) in [5.41, 5.74) is 1.04. The van der Waals surface area contributed by atoms with Crippen LogP contribution in [0.4, 0.5) is 10.1 Å². The van der Waals surface area contributed by atoms with Gasteiger partial charge < -0.3 is 15.5 Å². The molecule has 132 valence electrons. The first-order valence-corrected chi connectivity index (χ1v) is 8.89. The maximum Gasteiger partial charge on any atom is 0.237 e. The van der Waals surface area contributed by atoms with Crippen LogP contribution in [0.15, 0.2) is 24.3 Å². The van der Waals surface area contributed by atoms with E-state index >= 15 is 0 Å². The highest BCUT2D eigenvalue weighted by Crippen LogP contribution is 2.18. The predicted octanol–water partition coefficient (Wildman–Crippen LogP) is 1.20. The van der Waals surface area contributed by atoms with Crippen LogP contribution in [0, 0.1) is 5.82 Å². The van der Waals surface area contributed by atoms with E-state index in [0.29, 0.717) is 6.04 Å². The summed E-state index contributed by atoms with van der Waals surface area (Å²) in [7, 11) is 0. The molecule has 1 amide bonds. The summed E-state index contributed by atoms with van der Waals surface area (Å²) in [6.07, 6.45) is 2.02. The Kier molecular flexibility index (Phi) is 5.68. The third-order valence-electron chi connectivity index (χ3n) is 5.12. The zero-order valence-corrected chi connectivity index (χ0v) is 14.3. The molecule has 1 aromatic carbocycles. The third kappa shape index (κ3) is 4.24. The number of halogens is 1. The summed E-state index contributed by atoms with van der Waals surface area (Å²) in [6, 6.07) is 6.83. The molecule has 2 N–H and O–H groups in total. The van der Waals surface area contributed by atoms with Crippen molar-refractivity contribution in [2.75, 3.05) is 44.2 Å². The molecule has 0 saturated carbocycles. The van der Waals surface area contributed by atoms with E-state index in [4.69, 9.17) is 0 Å². The number of rotatable bonds is 4. The lowest BCUT2D eigenvalue weighted by Crippen LogP contribution is -2.55. The summed E-state index contributed by atoms with van der Waals surface area (Å²) < 4.78 is 13.0. The maximum atomic E-state index is 13.0. The van der Waals surface area contributed by atoms with Crippen LogP contribution in [0.5, 0.6) is 0 Å². The minimum absolute atomic E-state index is 0.102. The fourth-order valence-electron chi connectivity index (χ4n) is 3.47. The number of hydrogen-bond acceptors (Lipinski definition) is 4. The average molecular weight is 334 g/mol. The van der Waals surface area contributed by atoms with Crippen LogP contribution >= 0.6 is 0 Å². The van der Waals surface area contributed by atoms with Crippen LogP contribution in [0.1, 0.15) is 19.8 Å². The van der Waals surface area contributed by atoms with Gasteiger partial charge in [0, 0.05) is 37.9 Å². The molecule has 5 nitrogen and oxygen atoms in total. The fraction of sp³-hybridized carbons (Fsp3) is 0.611. The lowest BCUT2D eigenvalue weighted by Gasteiger charge is -2.39. The molecule has 0 spiro atoms. The van der Waals surface area contributed by atoms with Gasteiger partial charge in [-0.25, -0.2) is 4.39 Å². The molecule has 1 aromatic rings. The zero-order valence-electron chi connectivity index (χ0n) is 14.3. The molecule has 2 saturated heterocycles. The van der Waals surface area contributed by atoms with Crippen molar-refractivity contribution < 1.29 is 9.18 Å². The zero-order chi connectivity index (χ0) is 16.9. The highest BCUT2D eigenvalue weighted by molar-refractivity contribution is 5.81. The van der Waals surface area contributed by atoms with Gasteiger partial charge in [-0.15, -0.1) is 0 Å². The Balaban J connectivity index is 1.48. The number of nitrogens with one attached hydrogen (secondary N) is 2. The lowest BCUT2D eigenvalue weighted by molar-refractivity contribution is -0.126. The van der Waals surface area contributed by atoms with E-state index in [1.165, 1.54) is 12.1 Å². The van der Waals surface area contributed by atoms with Crippen LogP contribution in [-0.4, -0.2) is 62.2 Å². The molecule has 2 heterocycles. The van der Waals surface area contributed by atoms with Gasteiger partial charge in [0.25, 0.3) is 0 Å². The van der Waals surface area contributed by atoms with Crippen LogP contribution < -0.4 is 15.5 Å². The van der Waals surface area contributed by atoms with E-state index in [1.807, 2.05) is 19.1 Å². The first-order valence-electron chi connectivity index (χ1n) is 8.89. The number of amides is 1. The van der Waals surface area contributed by atoms with Crippen LogP contribution in [0.25, 0.3) is 0 Å². The Labute approximate surface area is 143 Å². The minimum atomic E-state index is -0.208. The highest BCUT2D eigenvalue weighted by Gasteiger charge is 2.27.